The van der Waals surface area contributed by atoms with E-state index in [1.807, 2.05) is 0 Å². The lowest BCUT2D eigenvalue weighted by Gasteiger charge is -2.23. The van der Waals surface area contributed by atoms with Gasteiger partial charge in [-0.3, -0.25) is 0 Å². The summed E-state index contributed by atoms with van der Waals surface area (Å²) in [5, 5.41) is 0. The lowest BCUT2D eigenvalue weighted by Crippen LogP contribution is -2.20. The Morgan fingerprint density at radius 1 is 1.12 bits per heavy atom. The van der Waals surface area contributed by atoms with E-state index >= 15 is 0 Å². The molecule has 0 spiro atoms. The van der Waals surface area contributed by atoms with E-state index in [0.717, 1.165) is 6.42 Å². The molecule has 1 rings (SSSR count). The molecule has 90 valence electrons. The summed E-state index contributed by atoms with van der Waals surface area (Å²) >= 11 is 0. The highest BCUT2D eigenvalue weighted by Gasteiger charge is 2.16. The van der Waals surface area contributed by atoms with E-state index in [2.05, 4.69) is 53.7 Å². The van der Waals surface area contributed by atoms with Crippen LogP contribution in [-0.2, 0) is 11.8 Å². The Balaban J connectivity index is 3.18. The molecule has 0 radical (unpaired) electrons. The highest BCUT2D eigenvalue weighted by molar-refractivity contribution is 5.40. The zero-order valence-electron chi connectivity index (χ0n) is 11.5. The molecule has 1 heteroatoms. The van der Waals surface area contributed by atoms with Crippen LogP contribution >= 0.6 is 0 Å². The predicted molar refractivity (Wildman–Crippen MR) is 72.0 cm³/mol. The van der Waals surface area contributed by atoms with Crippen LogP contribution < -0.4 is 5.73 Å². The third kappa shape index (κ3) is 3.08. The van der Waals surface area contributed by atoms with E-state index in [1.54, 1.807) is 0 Å². The van der Waals surface area contributed by atoms with Gasteiger partial charge in [0.25, 0.3) is 0 Å². The molecule has 0 unspecified atom stereocenters. The summed E-state index contributed by atoms with van der Waals surface area (Å²) in [5.74, 6) is 0. The molecule has 0 saturated heterocycles. The monoisotopic (exact) mass is 219 g/mol. The fourth-order valence-electron chi connectivity index (χ4n) is 2.07. The van der Waals surface area contributed by atoms with Crippen molar-refractivity contribution < 1.29 is 0 Å². The summed E-state index contributed by atoms with van der Waals surface area (Å²) in [6.07, 6.45) is 0.974. The van der Waals surface area contributed by atoms with Gasteiger partial charge in [-0.25, -0.2) is 0 Å². The SMILES string of the molecule is Cc1cc(C(C)(C)C)cc(C)c1C[C@@H](C)N. The fraction of sp³-hybridized carbons (Fsp3) is 0.600. The van der Waals surface area contributed by atoms with Crippen LogP contribution in [-0.4, -0.2) is 6.04 Å². The van der Waals surface area contributed by atoms with Crippen molar-refractivity contribution in [3.63, 3.8) is 0 Å². The molecule has 1 atom stereocenters. The summed E-state index contributed by atoms with van der Waals surface area (Å²) < 4.78 is 0. The first-order valence-corrected chi connectivity index (χ1v) is 6.08. The Labute approximate surface area is 100 Å². The van der Waals surface area contributed by atoms with Gasteiger partial charge in [-0.15, -0.1) is 0 Å². The third-order valence-electron chi connectivity index (χ3n) is 3.09. The molecule has 0 aliphatic rings. The van der Waals surface area contributed by atoms with Gasteiger partial charge in [0.05, 0.1) is 0 Å². The normalized spacial score (nSPS) is 13.9. The summed E-state index contributed by atoms with van der Waals surface area (Å²) in [7, 11) is 0. The van der Waals surface area contributed by atoms with E-state index in [1.165, 1.54) is 22.3 Å². The van der Waals surface area contributed by atoms with E-state index in [0.29, 0.717) is 0 Å². The molecule has 0 saturated carbocycles. The summed E-state index contributed by atoms with van der Waals surface area (Å²) in [4.78, 5) is 0. The Morgan fingerprint density at radius 2 is 1.56 bits per heavy atom. The molecule has 1 aromatic carbocycles. The summed E-state index contributed by atoms with van der Waals surface area (Å²) in [5.41, 5.74) is 11.7. The maximum atomic E-state index is 5.89. The van der Waals surface area contributed by atoms with Crippen molar-refractivity contribution in [1.29, 1.82) is 0 Å². The number of rotatable bonds is 2. The minimum absolute atomic E-state index is 0.225. The van der Waals surface area contributed by atoms with Gasteiger partial charge >= 0.3 is 0 Å². The first-order chi connectivity index (χ1) is 7.21. The highest BCUT2D eigenvalue weighted by Crippen LogP contribution is 2.27. The zero-order valence-corrected chi connectivity index (χ0v) is 11.5. The average Bonchev–Trinajstić information content (AvgIpc) is 2.09. The third-order valence-corrected chi connectivity index (χ3v) is 3.09. The summed E-state index contributed by atoms with van der Waals surface area (Å²) in [6, 6.07) is 4.85. The molecule has 2 N–H and O–H groups in total. The van der Waals surface area contributed by atoms with E-state index in [4.69, 9.17) is 5.73 Å². The first-order valence-electron chi connectivity index (χ1n) is 6.08. The van der Waals surface area contributed by atoms with Crippen molar-refractivity contribution in [3.05, 3.63) is 34.4 Å². The van der Waals surface area contributed by atoms with Gasteiger partial charge in [0, 0.05) is 6.04 Å². The van der Waals surface area contributed by atoms with E-state index in [-0.39, 0.29) is 11.5 Å². The molecule has 0 fully saturated rings. The second-order valence-corrected chi connectivity index (χ2v) is 6.02. The summed E-state index contributed by atoms with van der Waals surface area (Å²) in [6.45, 7) is 13.2. The lowest BCUT2D eigenvalue weighted by atomic mass is 9.83. The van der Waals surface area contributed by atoms with Crippen LogP contribution in [0.3, 0.4) is 0 Å². The van der Waals surface area contributed by atoms with Crippen LogP contribution in [0.1, 0.15) is 49.9 Å². The van der Waals surface area contributed by atoms with Crippen LogP contribution in [0.4, 0.5) is 0 Å². The van der Waals surface area contributed by atoms with Gasteiger partial charge in [-0.1, -0.05) is 32.9 Å². The van der Waals surface area contributed by atoms with Gasteiger partial charge in [0.2, 0.25) is 0 Å². The number of benzene rings is 1. The zero-order chi connectivity index (χ0) is 12.5. The highest BCUT2D eigenvalue weighted by atomic mass is 14.6. The molecule has 0 aromatic heterocycles. The van der Waals surface area contributed by atoms with Crippen molar-refractivity contribution in [2.45, 2.75) is 59.4 Å². The smallest absolute Gasteiger partial charge is 0.00511 e. The van der Waals surface area contributed by atoms with Gasteiger partial charge < -0.3 is 5.73 Å². The first kappa shape index (κ1) is 13.2. The molecule has 0 heterocycles. The maximum absolute atomic E-state index is 5.89. The lowest BCUT2D eigenvalue weighted by molar-refractivity contribution is 0.588. The quantitative estimate of drug-likeness (QED) is 0.809. The van der Waals surface area contributed by atoms with Crippen molar-refractivity contribution in [1.82, 2.24) is 0 Å². The number of hydrogen-bond donors (Lipinski definition) is 1. The fourth-order valence-corrected chi connectivity index (χ4v) is 2.07. The maximum Gasteiger partial charge on any atom is 0.00511 e. The van der Waals surface area contributed by atoms with Crippen LogP contribution in [0.15, 0.2) is 12.1 Å². The largest absolute Gasteiger partial charge is 0.328 e. The number of nitrogens with two attached hydrogens (primary N) is 1. The predicted octanol–water partition coefficient (Wildman–Crippen LogP) is 3.49. The molecular formula is C15H25N. The average molecular weight is 219 g/mol. The molecule has 1 aromatic rings. The van der Waals surface area contributed by atoms with Gasteiger partial charge in [-0.05, 0) is 54.9 Å². The second-order valence-electron chi connectivity index (χ2n) is 6.02. The van der Waals surface area contributed by atoms with Crippen molar-refractivity contribution in [2.24, 2.45) is 5.73 Å². The van der Waals surface area contributed by atoms with E-state index in [9.17, 15) is 0 Å². The topological polar surface area (TPSA) is 26.0 Å². The molecule has 0 bridgehead atoms. The second kappa shape index (κ2) is 4.58. The standard InChI is InChI=1S/C15H25N/c1-10-7-13(15(4,5)6)8-11(2)14(10)9-12(3)16/h7-8,12H,9,16H2,1-6H3/t12-/m1/s1. The van der Waals surface area contributed by atoms with Crippen molar-refractivity contribution >= 4 is 0 Å². The molecular weight excluding hydrogens is 194 g/mol. The number of hydrogen-bond acceptors (Lipinski definition) is 1. The molecule has 0 amide bonds. The van der Waals surface area contributed by atoms with Crippen molar-refractivity contribution in [3.8, 4) is 0 Å². The molecule has 1 nitrogen and oxygen atoms in total. The van der Waals surface area contributed by atoms with Crippen LogP contribution in [0.2, 0.25) is 0 Å². The van der Waals surface area contributed by atoms with Gasteiger partial charge in [0.15, 0.2) is 0 Å². The van der Waals surface area contributed by atoms with Crippen LogP contribution in [0.5, 0.6) is 0 Å². The Kier molecular flexibility index (Phi) is 3.80. The Hall–Kier alpha value is -0.820. The minimum Gasteiger partial charge on any atom is -0.328 e. The Morgan fingerprint density at radius 3 is 1.88 bits per heavy atom. The van der Waals surface area contributed by atoms with Gasteiger partial charge in [0.1, 0.15) is 0 Å². The van der Waals surface area contributed by atoms with E-state index < -0.39 is 0 Å². The minimum atomic E-state index is 0.225. The molecule has 16 heavy (non-hydrogen) atoms. The van der Waals surface area contributed by atoms with Crippen LogP contribution in [0, 0.1) is 13.8 Å². The molecule has 0 aliphatic carbocycles. The van der Waals surface area contributed by atoms with Crippen LogP contribution in [0.25, 0.3) is 0 Å². The number of aryl methyl sites for hydroxylation is 2. The van der Waals surface area contributed by atoms with Crippen molar-refractivity contribution in [2.75, 3.05) is 0 Å². The molecule has 0 aliphatic heterocycles. The van der Waals surface area contributed by atoms with Gasteiger partial charge in [-0.2, -0.15) is 0 Å². The Bertz CT molecular complexity index is 347.